The van der Waals surface area contributed by atoms with Crippen LogP contribution < -0.4 is 0 Å². The maximum Gasteiger partial charge on any atom is 0.338 e. The van der Waals surface area contributed by atoms with Gasteiger partial charge in [0.25, 0.3) is 0 Å². The zero-order valence-corrected chi connectivity index (χ0v) is 17.3. The summed E-state index contributed by atoms with van der Waals surface area (Å²) in [5.41, 5.74) is 4.68. The SMILES string of the molecule is CC(C)c1cc(C(C)C)c(C(=O)OCC(O)c2ccccc2)c(C(C)C)c1. The second-order valence-corrected chi connectivity index (χ2v) is 8.06. The van der Waals surface area contributed by atoms with Crippen LogP contribution in [0.2, 0.25) is 0 Å². The Balaban J connectivity index is 2.33. The molecule has 3 heteroatoms. The Morgan fingerprint density at radius 2 is 1.37 bits per heavy atom. The van der Waals surface area contributed by atoms with Crippen LogP contribution >= 0.6 is 0 Å². The molecule has 1 N–H and O–H groups in total. The summed E-state index contributed by atoms with van der Waals surface area (Å²) in [5, 5.41) is 10.3. The molecule has 0 radical (unpaired) electrons. The molecular weight excluding hydrogens is 336 g/mol. The molecule has 27 heavy (non-hydrogen) atoms. The van der Waals surface area contributed by atoms with Gasteiger partial charge in [-0.1, -0.05) is 84.0 Å². The summed E-state index contributed by atoms with van der Waals surface area (Å²) in [5.74, 6) is 0.461. The molecule has 0 aliphatic rings. The molecule has 1 atom stereocenters. The normalized spacial score (nSPS) is 12.7. The Morgan fingerprint density at radius 3 is 1.81 bits per heavy atom. The molecular formula is C24H32O3. The molecule has 0 amide bonds. The Hall–Kier alpha value is -2.13. The van der Waals surface area contributed by atoms with Crippen molar-refractivity contribution < 1.29 is 14.6 Å². The lowest BCUT2D eigenvalue weighted by Gasteiger charge is -2.22. The number of hydrogen-bond donors (Lipinski definition) is 1. The van der Waals surface area contributed by atoms with Crippen molar-refractivity contribution in [3.8, 4) is 0 Å². The van der Waals surface area contributed by atoms with E-state index in [0.717, 1.165) is 16.7 Å². The summed E-state index contributed by atoms with van der Waals surface area (Å²) >= 11 is 0. The van der Waals surface area contributed by atoms with Crippen molar-refractivity contribution >= 4 is 5.97 Å². The highest BCUT2D eigenvalue weighted by molar-refractivity contribution is 5.93. The molecule has 0 fully saturated rings. The van der Waals surface area contributed by atoms with E-state index >= 15 is 0 Å². The third-order valence-electron chi connectivity index (χ3n) is 4.89. The lowest BCUT2D eigenvalue weighted by atomic mass is 9.84. The van der Waals surface area contributed by atoms with Crippen LogP contribution in [0.15, 0.2) is 42.5 Å². The van der Waals surface area contributed by atoms with Crippen LogP contribution in [0.5, 0.6) is 0 Å². The van der Waals surface area contributed by atoms with Crippen LogP contribution in [0.25, 0.3) is 0 Å². The number of benzene rings is 2. The van der Waals surface area contributed by atoms with Gasteiger partial charge in [0.1, 0.15) is 12.7 Å². The van der Waals surface area contributed by atoms with E-state index in [1.54, 1.807) is 0 Å². The Labute approximate surface area is 163 Å². The van der Waals surface area contributed by atoms with E-state index in [-0.39, 0.29) is 24.4 Å². The minimum absolute atomic E-state index is 0.0517. The van der Waals surface area contributed by atoms with Gasteiger partial charge >= 0.3 is 5.97 Å². The van der Waals surface area contributed by atoms with Crippen LogP contribution in [0.1, 0.15) is 98.0 Å². The molecule has 0 spiro atoms. The van der Waals surface area contributed by atoms with Crippen LogP contribution in [0.3, 0.4) is 0 Å². The van der Waals surface area contributed by atoms with Crippen molar-refractivity contribution in [3.63, 3.8) is 0 Å². The first-order valence-electron chi connectivity index (χ1n) is 9.80. The van der Waals surface area contributed by atoms with E-state index in [4.69, 9.17) is 4.74 Å². The average Bonchev–Trinajstić information content (AvgIpc) is 2.65. The molecule has 0 aliphatic heterocycles. The van der Waals surface area contributed by atoms with Gasteiger partial charge < -0.3 is 9.84 Å². The molecule has 1 unspecified atom stereocenters. The van der Waals surface area contributed by atoms with Gasteiger partial charge in [0.05, 0.1) is 5.56 Å². The van der Waals surface area contributed by atoms with Gasteiger partial charge in [0.2, 0.25) is 0 Å². The van der Waals surface area contributed by atoms with Gasteiger partial charge in [-0.15, -0.1) is 0 Å². The van der Waals surface area contributed by atoms with Crippen molar-refractivity contribution in [3.05, 3.63) is 70.3 Å². The number of carbonyl (C=O) groups is 1. The topological polar surface area (TPSA) is 46.5 Å². The predicted octanol–water partition coefficient (Wildman–Crippen LogP) is 5.95. The van der Waals surface area contributed by atoms with Crippen LogP contribution in [0, 0.1) is 0 Å². The first-order valence-corrected chi connectivity index (χ1v) is 9.80. The van der Waals surface area contributed by atoms with E-state index in [1.807, 2.05) is 30.3 Å². The monoisotopic (exact) mass is 368 g/mol. The molecule has 2 aromatic carbocycles. The maximum atomic E-state index is 13.0. The van der Waals surface area contributed by atoms with Crippen LogP contribution in [0.4, 0.5) is 0 Å². The number of ether oxygens (including phenoxy) is 1. The third-order valence-corrected chi connectivity index (χ3v) is 4.89. The zero-order chi connectivity index (χ0) is 20.1. The van der Waals surface area contributed by atoms with Crippen molar-refractivity contribution in [1.82, 2.24) is 0 Å². The molecule has 3 nitrogen and oxygen atoms in total. The fraction of sp³-hybridized carbons (Fsp3) is 0.458. The summed E-state index contributed by atoms with van der Waals surface area (Å²) in [6.07, 6.45) is -0.824. The third kappa shape index (κ3) is 5.20. The summed E-state index contributed by atoms with van der Waals surface area (Å²) in [6.45, 7) is 12.7. The molecule has 0 saturated heterocycles. The Morgan fingerprint density at radius 1 is 0.852 bits per heavy atom. The second-order valence-electron chi connectivity index (χ2n) is 8.06. The first kappa shape index (κ1) is 21.2. The smallest absolute Gasteiger partial charge is 0.338 e. The van der Waals surface area contributed by atoms with E-state index in [2.05, 4.69) is 53.7 Å². The van der Waals surface area contributed by atoms with E-state index in [1.165, 1.54) is 5.56 Å². The van der Waals surface area contributed by atoms with Gasteiger partial charge in [-0.05, 0) is 40.0 Å². The van der Waals surface area contributed by atoms with E-state index in [0.29, 0.717) is 11.5 Å². The Bertz CT molecular complexity index is 731. The first-order chi connectivity index (χ1) is 12.7. The maximum absolute atomic E-state index is 13.0. The van der Waals surface area contributed by atoms with Gasteiger partial charge in [0.15, 0.2) is 0 Å². The lowest BCUT2D eigenvalue weighted by Crippen LogP contribution is -2.18. The summed E-state index contributed by atoms with van der Waals surface area (Å²) in [6, 6.07) is 13.5. The molecule has 0 aliphatic carbocycles. The molecule has 146 valence electrons. The summed E-state index contributed by atoms with van der Waals surface area (Å²) in [7, 11) is 0. The highest BCUT2D eigenvalue weighted by atomic mass is 16.5. The van der Waals surface area contributed by atoms with Crippen molar-refractivity contribution in [2.75, 3.05) is 6.61 Å². The average molecular weight is 369 g/mol. The number of esters is 1. The number of hydrogen-bond acceptors (Lipinski definition) is 3. The van der Waals surface area contributed by atoms with E-state index < -0.39 is 6.10 Å². The highest BCUT2D eigenvalue weighted by Gasteiger charge is 2.24. The summed E-state index contributed by atoms with van der Waals surface area (Å²) < 4.78 is 5.54. The highest BCUT2D eigenvalue weighted by Crippen LogP contribution is 2.32. The molecule has 2 aromatic rings. The number of rotatable bonds is 7. The van der Waals surface area contributed by atoms with Gasteiger partial charge in [0, 0.05) is 0 Å². The van der Waals surface area contributed by atoms with Gasteiger partial charge in [-0.25, -0.2) is 4.79 Å². The Kier molecular flexibility index (Phi) is 7.20. The summed E-state index contributed by atoms with van der Waals surface area (Å²) in [4.78, 5) is 13.0. The van der Waals surface area contributed by atoms with Crippen molar-refractivity contribution in [1.29, 1.82) is 0 Å². The lowest BCUT2D eigenvalue weighted by molar-refractivity contribution is 0.0251. The minimum atomic E-state index is -0.824. The van der Waals surface area contributed by atoms with Crippen molar-refractivity contribution in [2.24, 2.45) is 0 Å². The zero-order valence-electron chi connectivity index (χ0n) is 17.3. The van der Waals surface area contributed by atoms with Crippen LogP contribution in [-0.4, -0.2) is 17.7 Å². The molecule has 0 bridgehead atoms. The molecule has 0 heterocycles. The largest absolute Gasteiger partial charge is 0.459 e. The van der Waals surface area contributed by atoms with Gasteiger partial charge in [-0.2, -0.15) is 0 Å². The standard InChI is InChI=1S/C24H32O3/c1-15(2)19-12-20(16(3)4)23(21(13-19)17(5)6)24(26)27-14-22(25)18-10-8-7-9-11-18/h7-13,15-17,22,25H,14H2,1-6H3. The number of carbonyl (C=O) groups excluding carboxylic acids is 1. The number of aliphatic hydroxyl groups excluding tert-OH is 1. The molecule has 2 rings (SSSR count). The number of aliphatic hydroxyl groups is 1. The molecule has 0 saturated carbocycles. The molecule has 0 aromatic heterocycles. The predicted molar refractivity (Wildman–Crippen MR) is 110 cm³/mol. The second kappa shape index (κ2) is 9.18. The minimum Gasteiger partial charge on any atom is -0.459 e. The fourth-order valence-electron chi connectivity index (χ4n) is 3.19. The van der Waals surface area contributed by atoms with Crippen molar-refractivity contribution in [2.45, 2.75) is 65.4 Å². The van der Waals surface area contributed by atoms with Gasteiger partial charge in [-0.3, -0.25) is 0 Å². The van der Waals surface area contributed by atoms with E-state index in [9.17, 15) is 9.90 Å². The van der Waals surface area contributed by atoms with Crippen LogP contribution in [-0.2, 0) is 4.74 Å². The fourth-order valence-corrected chi connectivity index (χ4v) is 3.19. The quantitative estimate of drug-likeness (QED) is 0.615.